The van der Waals surface area contributed by atoms with E-state index in [2.05, 4.69) is 38.8 Å². The quantitative estimate of drug-likeness (QED) is 0.815. The van der Waals surface area contributed by atoms with Gasteiger partial charge in [-0.05, 0) is 52.9 Å². The Morgan fingerprint density at radius 1 is 1.20 bits per heavy atom. The topological polar surface area (TPSA) is 25.4 Å². The van der Waals surface area contributed by atoms with Gasteiger partial charge in [0.2, 0.25) is 0 Å². The molecule has 0 bridgehead atoms. The molecule has 0 aromatic carbocycles. The van der Waals surface area contributed by atoms with Crippen LogP contribution in [0.1, 0.15) is 24.0 Å². The van der Waals surface area contributed by atoms with E-state index in [1.807, 2.05) is 12.4 Å². The molecule has 1 atom stereocenters. The summed E-state index contributed by atoms with van der Waals surface area (Å²) in [5.41, 5.74) is 2.70. The summed E-state index contributed by atoms with van der Waals surface area (Å²) in [5, 5.41) is 4.38. The van der Waals surface area contributed by atoms with Crippen molar-refractivity contribution in [3.05, 3.63) is 52.5 Å². The summed E-state index contributed by atoms with van der Waals surface area (Å²) in [5.74, 6) is 0. The van der Waals surface area contributed by atoms with Crippen molar-refractivity contribution < 1.29 is 4.74 Å². The monoisotopic (exact) mass is 288 g/mol. The van der Waals surface area contributed by atoms with Gasteiger partial charge < -0.3 is 4.74 Å². The minimum Gasteiger partial charge on any atom is -0.377 e. The first-order valence-electron chi connectivity index (χ1n) is 7.14. The van der Waals surface area contributed by atoms with Crippen LogP contribution in [0.15, 0.2) is 41.4 Å². The Hall–Kier alpha value is -1.23. The van der Waals surface area contributed by atoms with Gasteiger partial charge >= 0.3 is 0 Å². The molecule has 0 radical (unpaired) electrons. The lowest BCUT2D eigenvalue weighted by Crippen LogP contribution is -2.31. The van der Waals surface area contributed by atoms with E-state index in [0.29, 0.717) is 6.10 Å². The predicted molar refractivity (Wildman–Crippen MR) is 81.6 cm³/mol. The van der Waals surface area contributed by atoms with E-state index in [4.69, 9.17) is 4.74 Å². The minimum atomic E-state index is 0.399. The largest absolute Gasteiger partial charge is 0.377 e. The number of aromatic nitrogens is 1. The molecule has 2 aromatic rings. The highest BCUT2D eigenvalue weighted by molar-refractivity contribution is 7.07. The highest BCUT2D eigenvalue weighted by Gasteiger charge is 2.19. The van der Waals surface area contributed by atoms with Crippen LogP contribution in [-0.2, 0) is 17.8 Å². The Kier molecular flexibility index (Phi) is 4.79. The summed E-state index contributed by atoms with van der Waals surface area (Å²) in [6, 6.07) is 6.39. The Morgan fingerprint density at radius 3 is 2.75 bits per heavy atom. The highest BCUT2D eigenvalue weighted by atomic mass is 32.1. The third-order valence-corrected chi connectivity index (χ3v) is 4.36. The van der Waals surface area contributed by atoms with Crippen LogP contribution in [0, 0.1) is 0 Å². The molecule has 0 spiro atoms. The van der Waals surface area contributed by atoms with Crippen LogP contribution in [0.5, 0.6) is 0 Å². The van der Waals surface area contributed by atoms with Gasteiger partial charge in [-0.3, -0.25) is 9.88 Å². The van der Waals surface area contributed by atoms with Gasteiger partial charge in [0.05, 0.1) is 6.10 Å². The van der Waals surface area contributed by atoms with Crippen LogP contribution in [0.25, 0.3) is 0 Å². The second kappa shape index (κ2) is 6.97. The molecule has 1 saturated heterocycles. The van der Waals surface area contributed by atoms with Gasteiger partial charge in [-0.15, -0.1) is 0 Å². The maximum atomic E-state index is 5.79. The molecule has 0 aliphatic carbocycles. The molecule has 106 valence electrons. The molecule has 0 saturated carbocycles. The fourth-order valence-corrected chi connectivity index (χ4v) is 3.31. The van der Waals surface area contributed by atoms with Gasteiger partial charge in [0, 0.05) is 38.6 Å². The van der Waals surface area contributed by atoms with Gasteiger partial charge in [-0.25, -0.2) is 0 Å². The lowest BCUT2D eigenvalue weighted by molar-refractivity contribution is 0.0679. The third kappa shape index (κ3) is 3.88. The zero-order valence-corrected chi connectivity index (χ0v) is 12.4. The number of ether oxygens (including phenoxy) is 1. The second-order valence-corrected chi connectivity index (χ2v) is 6.07. The summed E-state index contributed by atoms with van der Waals surface area (Å²) >= 11 is 1.76. The van der Waals surface area contributed by atoms with Crippen LogP contribution >= 0.6 is 11.3 Å². The van der Waals surface area contributed by atoms with Gasteiger partial charge in [-0.2, -0.15) is 11.3 Å². The number of nitrogens with zero attached hydrogens (tertiary/aromatic N) is 2. The molecule has 3 nitrogen and oxygen atoms in total. The predicted octanol–water partition coefficient (Wildman–Crippen LogP) is 3.32. The maximum Gasteiger partial charge on any atom is 0.0703 e. The van der Waals surface area contributed by atoms with Crippen molar-refractivity contribution in [1.29, 1.82) is 0 Å². The number of thiophene rings is 1. The second-order valence-electron chi connectivity index (χ2n) is 5.29. The number of hydrogen-bond donors (Lipinski definition) is 0. The number of pyridine rings is 1. The summed E-state index contributed by atoms with van der Waals surface area (Å²) in [6.45, 7) is 3.88. The fourth-order valence-electron chi connectivity index (χ4n) is 2.65. The van der Waals surface area contributed by atoms with Crippen molar-refractivity contribution in [2.24, 2.45) is 0 Å². The first kappa shape index (κ1) is 13.7. The van der Waals surface area contributed by atoms with E-state index in [-0.39, 0.29) is 0 Å². The van der Waals surface area contributed by atoms with Crippen LogP contribution in [0.4, 0.5) is 0 Å². The SMILES string of the molecule is c1cc(CN(Cc2ccsc2)CC2CCCO2)ccn1. The number of hydrogen-bond acceptors (Lipinski definition) is 4. The Balaban J connectivity index is 1.65. The third-order valence-electron chi connectivity index (χ3n) is 3.63. The Morgan fingerprint density at radius 2 is 2.05 bits per heavy atom. The lowest BCUT2D eigenvalue weighted by atomic mass is 10.2. The van der Waals surface area contributed by atoms with Crippen molar-refractivity contribution >= 4 is 11.3 Å². The van der Waals surface area contributed by atoms with Gasteiger partial charge in [0.25, 0.3) is 0 Å². The zero-order chi connectivity index (χ0) is 13.6. The molecule has 2 aromatic heterocycles. The summed E-state index contributed by atoms with van der Waals surface area (Å²) < 4.78 is 5.79. The zero-order valence-electron chi connectivity index (χ0n) is 11.6. The molecule has 1 unspecified atom stereocenters. The summed E-state index contributed by atoms with van der Waals surface area (Å²) in [6.07, 6.45) is 6.52. The van der Waals surface area contributed by atoms with Crippen LogP contribution in [0.3, 0.4) is 0 Å². The van der Waals surface area contributed by atoms with Gasteiger partial charge in [0.1, 0.15) is 0 Å². The number of rotatable bonds is 6. The average Bonchev–Trinajstić information content (AvgIpc) is 3.13. The highest BCUT2D eigenvalue weighted by Crippen LogP contribution is 2.18. The fraction of sp³-hybridized carbons (Fsp3) is 0.438. The summed E-state index contributed by atoms with van der Waals surface area (Å²) in [4.78, 5) is 6.57. The molecule has 20 heavy (non-hydrogen) atoms. The Bertz CT molecular complexity index is 494. The van der Waals surface area contributed by atoms with Crippen molar-refractivity contribution in [1.82, 2.24) is 9.88 Å². The van der Waals surface area contributed by atoms with Crippen LogP contribution < -0.4 is 0 Å². The molecule has 1 aliphatic heterocycles. The normalized spacial score (nSPS) is 18.8. The average molecular weight is 288 g/mol. The van der Waals surface area contributed by atoms with Crippen molar-refractivity contribution in [3.63, 3.8) is 0 Å². The van der Waals surface area contributed by atoms with Gasteiger partial charge in [-0.1, -0.05) is 0 Å². The van der Waals surface area contributed by atoms with Crippen molar-refractivity contribution in [2.75, 3.05) is 13.2 Å². The van der Waals surface area contributed by atoms with E-state index in [0.717, 1.165) is 26.2 Å². The first-order valence-corrected chi connectivity index (χ1v) is 8.08. The summed E-state index contributed by atoms with van der Waals surface area (Å²) in [7, 11) is 0. The van der Waals surface area contributed by atoms with E-state index >= 15 is 0 Å². The van der Waals surface area contributed by atoms with E-state index in [1.54, 1.807) is 11.3 Å². The van der Waals surface area contributed by atoms with Gasteiger partial charge in [0.15, 0.2) is 0 Å². The standard InChI is InChI=1S/C16H20N2OS/c1-2-16(19-8-1)12-18(11-15-5-9-20-13-15)10-14-3-6-17-7-4-14/h3-7,9,13,16H,1-2,8,10-12H2. The Labute approximate surface area is 124 Å². The lowest BCUT2D eigenvalue weighted by Gasteiger charge is -2.25. The minimum absolute atomic E-state index is 0.399. The first-order chi connectivity index (χ1) is 9.90. The maximum absolute atomic E-state index is 5.79. The van der Waals surface area contributed by atoms with Crippen molar-refractivity contribution in [2.45, 2.75) is 32.0 Å². The van der Waals surface area contributed by atoms with Crippen molar-refractivity contribution in [3.8, 4) is 0 Å². The molecule has 4 heteroatoms. The van der Waals surface area contributed by atoms with E-state index in [9.17, 15) is 0 Å². The molecule has 1 fully saturated rings. The smallest absolute Gasteiger partial charge is 0.0703 e. The molecule has 0 amide bonds. The molecule has 3 heterocycles. The van der Waals surface area contributed by atoms with Crippen LogP contribution in [0.2, 0.25) is 0 Å². The molecular formula is C16H20N2OS. The van der Waals surface area contributed by atoms with Crippen LogP contribution in [-0.4, -0.2) is 29.1 Å². The molecule has 3 rings (SSSR count). The molecule has 1 aliphatic rings. The van der Waals surface area contributed by atoms with E-state index < -0.39 is 0 Å². The molecular weight excluding hydrogens is 268 g/mol. The van der Waals surface area contributed by atoms with E-state index in [1.165, 1.54) is 24.0 Å². The molecule has 0 N–H and O–H groups in total.